The van der Waals surface area contributed by atoms with Gasteiger partial charge in [0, 0.05) is 11.6 Å². The number of hydrogen-bond donors (Lipinski definition) is 2. The molecule has 9 nitrogen and oxygen atoms in total. The number of para-hydroxylation sites is 2. The number of aryl methyl sites for hydroxylation is 2. The molecule has 3 rings (SSSR count). The number of carbonyl (C=O) groups excluding carboxylic acids is 1. The van der Waals surface area contributed by atoms with Crippen LogP contribution >= 0.6 is 0 Å². The number of ether oxygens (including phenoxy) is 1. The molecule has 0 aliphatic heterocycles. The van der Waals surface area contributed by atoms with Gasteiger partial charge in [-0.2, -0.15) is 10.4 Å². The molecule has 0 spiro atoms. The van der Waals surface area contributed by atoms with Crippen molar-refractivity contribution in [1.82, 2.24) is 9.78 Å². The van der Waals surface area contributed by atoms with Gasteiger partial charge in [-0.15, -0.1) is 0 Å². The van der Waals surface area contributed by atoms with Gasteiger partial charge < -0.3 is 10.1 Å². The Morgan fingerprint density at radius 1 is 1.19 bits per heavy atom. The van der Waals surface area contributed by atoms with E-state index >= 15 is 0 Å². The van der Waals surface area contributed by atoms with Gasteiger partial charge in [-0.25, -0.2) is 13.1 Å². The van der Waals surface area contributed by atoms with E-state index in [2.05, 4.69) is 15.1 Å². The molecule has 0 bridgehead atoms. The number of anilines is 2. The summed E-state index contributed by atoms with van der Waals surface area (Å²) in [6, 6.07) is 16.0. The van der Waals surface area contributed by atoms with Gasteiger partial charge in [0.25, 0.3) is 15.9 Å². The maximum absolute atomic E-state index is 12.8. The minimum atomic E-state index is -3.95. The van der Waals surface area contributed by atoms with Gasteiger partial charge in [-0.1, -0.05) is 18.2 Å². The molecule has 0 radical (unpaired) electrons. The molecule has 1 amide bonds. The highest BCUT2D eigenvalue weighted by Gasteiger charge is 2.19. The molecule has 1 heterocycles. The maximum Gasteiger partial charge on any atom is 0.262 e. The quantitative estimate of drug-likeness (QED) is 0.555. The second-order valence-corrected chi connectivity index (χ2v) is 8.27. The largest absolute Gasteiger partial charge is 0.495 e. The van der Waals surface area contributed by atoms with E-state index < -0.39 is 15.9 Å². The zero-order chi connectivity index (χ0) is 22.4. The Balaban J connectivity index is 1.83. The summed E-state index contributed by atoms with van der Waals surface area (Å²) in [7, 11) is -2.51. The third kappa shape index (κ3) is 5.21. The number of rotatable bonds is 8. The highest BCUT2D eigenvalue weighted by Crippen LogP contribution is 2.26. The van der Waals surface area contributed by atoms with Crippen LogP contribution in [0.25, 0.3) is 0 Å². The molecule has 0 aliphatic rings. The van der Waals surface area contributed by atoms with E-state index in [1.54, 1.807) is 37.3 Å². The van der Waals surface area contributed by atoms with E-state index in [1.165, 1.54) is 36.1 Å². The lowest BCUT2D eigenvalue weighted by molar-refractivity contribution is 0.102. The van der Waals surface area contributed by atoms with Crippen molar-refractivity contribution in [2.45, 2.75) is 24.8 Å². The van der Waals surface area contributed by atoms with E-state index in [0.717, 1.165) is 0 Å². The fourth-order valence-corrected chi connectivity index (χ4v) is 4.01. The molecule has 0 aliphatic carbocycles. The average molecular weight is 439 g/mol. The van der Waals surface area contributed by atoms with Gasteiger partial charge in [-0.3, -0.25) is 9.52 Å². The lowest BCUT2D eigenvalue weighted by Gasteiger charge is -2.12. The number of nitrogens with one attached hydrogen (secondary N) is 2. The molecule has 10 heteroatoms. The number of nitrogens with zero attached hydrogens (tertiary/aromatic N) is 3. The first kappa shape index (κ1) is 21.9. The fraction of sp³-hybridized carbons (Fsp3) is 0.190. The molecular weight excluding hydrogens is 418 g/mol. The van der Waals surface area contributed by atoms with Crippen LogP contribution in [0.15, 0.2) is 59.5 Å². The number of nitriles is 1. The maximum atomic E-state index is 12.8. The predicted molar refractivity (Wildman–Crippen MR) is 115 cm³/mol. The van der Waals surface area contributed by atoms with Gasteiger partial charge in [0.1, 0.15) is 11.6 Å². The Labute approximate surface area is 180 Å². The predicted octanol–water partition coefficient (Wildman–Crippen LogP) is 3.17. The van der Waals surface area contributed by atoms with Crippen LogP contribution in [0.2, 0.25) is 0 Å². The molecule has 0 atom stereocenters. The first-order valence-corrected chi connectivity index (χ1v) is 10.8. The van der Waals surface area contributed by atoms with Crippen LogP contribution in [0.3, 0.4) is 0 Å². The van der Waals surface area contributed by atoms with E-state index in [4.69, 9.17) is 10.00 Å². The van der Waals surface area contributed by atoms with E-state index in [0.29, 0.717) is 23.8 Å². The summed E-state index contributed by atoms with van der Waals surface area (Å²) in [5.41, 5.74) is 1.14. The highest BCUT2D eigenvalue weighted by atomic mass is 32.2. The molecule has 0 fully saturated rings. The number of aromatic nitrogens is 2. The van der Waals surface area contributed by atoms with Gasteiger partial charge in [0.05, 0.1) is 42.4 Å². The summed E-state index contributed by atoms with van der Waals surface area (Å²) < 4.78 is 34.9. The highest BCUT2D eigenvalue weighted by molar-refractivity contribution is 7.92. The average Bonchev–Trinajstić information content (AvgIpc) is 3.11. The molecule has 2 aromatic carbocycles. The summed E-state index contributed by atoms with van der Waals surface area (Å²) in [5.74, 6) is 0.312. The zero-order valence-corrected chi connectivity index (χ0v) is 17.8. The molecule has 3 aromatic rings. The van der Waals surface area contributed by atoms with Crippen LogP contribution in [0.4, 0.5) is 11.5 Å². The van der Waals surface area contributed by atoms with Crippen molar-refractivity contribution in [2.75, 3.05) is 17.1 Å². The number of sulfonamides is 1. The summed E-state index contributed by atoms with van der Waals surface area (Å²) in [6.07, 6.45) is 0.242. The Bertz CT molecular complexity index is 1240. The smallest absolute Gasteiger partial charge is 0.262 e. The summed E-state index contributed by atoms with van der Waals surface area (Å²) >= 11 is 0. The number of carbonyl (C=O) groups is 1. The van der Waals surface area contributed by atoms with E-state index in [9.17, 15) is 13.2 Å². The lowest BCUT2D eigenvalue weighted by Crippen LogP contribution is -2.18. The van der Waals surface area contributed by atoms with Crippen molar-refractivity contribution in [3.05, 3.63) is 65.9 Å². The third-order valence-corrected chi connectivity index (χ3v) is 5.70. The number of benzene rings is 2. The molecule has 1 aromatic heterocycles. The Kier molecular flexibility index (Phi) is 6.57. The van der Waals surface area contributed by atoms with Crippen molar-refractivity contribution in [3.8, 4) is 11.8 Å². The van der Waals surface area contributed by atoms with Crippen molar-refractivity contribution in [3.63, 3.8) is 0 Å². The Morgan fingerprint density at radius 2 is 1.97 bits per heavy atom. The fourth-order valence-electron chi connectivity index (χ4n) is 2.90. The van der Waals surface area contributed by atoms with Gasteiger partial charge in [0.15, 0.2) is 0 Å². The summed E-state index contributed by atoms with van der Waals surface area (Å²) in [5, 5.41) is 15.7. The van der Waals surface area contributed by atoms with Gasteiger partial charge in [0.2, 0.25) is 0 Å². The number of hydrogen-bond acceptors (Lipinski definition) is 6. The molecule has 2 N–H and O–H groups in total. The van der Waals surface area contributed by atoms with Crippen LogP contribution < -0.4 is 14.8 Å². The van der Waals surface area contributed by atoms with Crippen molar-refractivity contribution in [1.29, 1.82) is 5.26 Å². The normalized spacial score (nSPS) is 10.9. The first-order chi connectivity index (χ1) is 14.8. The van der Waals surface area contributed by atoms with Crippen molar-refractivity contribution >= 4 is 27.4 Å². The van der Waals surface area contributed by atoms with Crippen LogP contribution in [0.5, 0.6) is 5.75 Å². The number of amides is 1. The minimum Gasteiger partial charge on any atom is -0.495 e. The van der Waals surface area contributed by atoms with Gasteiger partial charge in [-0.05, 0) is 37.3 Å². The molecule has 160 valence electrons. The molecule has 31 heavy (non-hydrogen) atoms. The third-order valence-electron chi connectivity index (χ3n) is 4.34. The van der Waals surface area contributed by atoms with Crippen LogP contribution in [0, 0.1) is 18.3 Å². The van der Waals surface area contributed by atoms with E-state index in [1.807, 2.05) is 6.07 Å². The monoisotopic (exact) mass is 439 g/mol. The standard InChI is InChI=1S/C21H21N5O4S/c1-15-13-20(26(24-15)12-6-11-22)23-21(27)16-7-5-8-17(14-16)31(28,29)25-18-9-3-4-10-19(18)30-2/h3-5,7-10,13-14,25H,6,12H2,1-2H3,(H,23,27). The topological polar surface area (TPSA) is 126 Å². The van der Waals surface area contributed by atoms with Gasteiger partial charge >= 0.3 is 0 Å². The molecule has 0 unspecified atom stereocenters. The SMILES string of the molecule is COc1ccccc1NS(=O)(=O)c1cccc(C(=O)Nc2cc(C)nn2CCC#N)c1. The summed E-state index contributed by atoms with van der Waals surface area (Å²) in [6.45, 7) is 2.10. The lowest BCUT2D eigenvalue weighted by atomic mass is 10.2. The molecular formula is C21H21N5O4S. The van der Waals surface area contributed by atoms with Crippen LogP contribution in [-0.4, -0.2) is 31.2 Å². The summed E-state index contributed by atoms with van der Waals surface area (Å²) in [4.78, 5) is 12.7. The molecule has 0 saturated heterocycles. The second kappa shape index (κ2) is 9.32. The second-order valence-electron chi connectivity index (χ2n) is 6.59. The minimum absolute atomic E-state index is 0.0692. The zero-order valence-electron chi connectivity index (χ0n) is 17.0. The Hall–Kier alpha value is -3.84. The Morgan fingerprint density at radius 3 is 2.71 bits per heavy atom. The first-order valence-electron chi connectivity index (χ1n) is 9.32. The van der Waals surface area contributed by atoms with Crippen molar-refractivity contribution in [2.24, 2.45) is 0 Å². The molecule has 0 saturated carbocycles. The van der Waals surface area contributed by atoms with Crippen LogP contribution in [0.1, 0.15) is 22.5 Å². The van der Waals surface area contributed by atoms with Crippen LogP contribution in [-0.2, 0) is 16.6 Å². The van der Waals surface area contributed by atoms with E-state index in [-0.39, 0.29) is 22.6 Å². The van der Waals surface area contributed by atoms with Crippen molar-refractivity contribution < 1.29 is 17.9 Å². The number of methoxy groups -OCH3 is 1.